The summed E-state index contributed by atoms with van der Waals surface area (Å²) >= 11 is 0. The second-order valence-electron chi connectivity index (χ2n) is 5.91. The van der Waals surface area contributed by atoms with Gasteiger partial charge in [-0.2, -0.15) is 0 Å². The molecule has 0 radical (unpaired) electrons. The average Bonchev–Trinajstić information content (AvgIpc) is 3.05. The van der Waals surface area contributed by atoms with Crippen LogP contribution in [-0.2, 0) is 6.42 Å². The number of hydrogen-bond acceptors (Lipinski definition) is 2. The number of aromatic amines is 2. The van der Waals surface area contributed by atoms with E-state index in [4.69, 9.17) is 0 Å². The molecule has 2 N–H and O–H groups in total. The van der Waals surface area contributed by atoms with E-state index in [0.29, 0.717) is 5.52 Å². The molecule has 2 aromatic heterocycles. The highest BCUT2D eigenvalue weighted by Crippen LogP contribution is 2.49. The van der Waals surface area contributed by atoms with Gasteiger partial charge >= 0.3 is 0 Å². The summed E-state index contributed by atoms with van der Waals surface area (Å²) in [5.41, 5.74) is 2.63. The largest absolute Gasteiger partial charge is 0.355 e. The summed E-state index contributed by atoms with van der Waals surface area (Å²) in [4.78, 5) is 21.6. The molecule has 2 saturated carbocycles. The lowest BCUT2D eigenvalue weighted by molar-refractivity contribution is 0.332. The molecule has 2 fully saturated rings. The van der Waals surface area contributed by atoms with Crippen LogP contribution in [0.5, 0.6) is 0 Å². The molecular formula is C14H17N3O. The van der Waals surface area contributed by atoms with Gasteiger partial charge in [0.15, 0.2) is 0 Å². The summed E-state index contributed by atoms with van der Waals surface area (Å²) in [7, 11) is 0. The third-order valence-corrected chi connectivity index (χ3v) is 4.91. The Morgan fingerprint density at radius 1 is 1.28 bits per heavy atom. The first-order valence-corrected chi connectivity index (χ1v) is 6.85. The van der Waals surface area contributed by atoms with Gasteiger partial charge in [-0.05, 0) is 49.0 Å². The molecule has 2 aliphatic rings. The normalized spacial score (nSPS) is 30.3. The minimum Gasteiger partial charge on any atom is -0.355 e. The number of aromatic nitrogens is 3. The third kappa shape index (κ3) is 1.44. The number of rotatable bonds is 2. The van der Waals surface area contributed by atoms with Crippen molar-refractivity contribution in [1.82, 2.24) is 15.0 Å². The molecule has 0 spiro atoms. The van der Waals surface area contributed by atoms with Crippen molar-refractivity contribution in [3.63, 3.8) is 0 Å². The molecule has 2 heterocycles. The van der Waals surface area contributed by atoms with Gasteiger partial charge in [-0.3, -0.25) is 4.79 Å². The Kier molecular flexibility index (Phi) is 2.13. The van der Waals surface area contributed by atoms with E-state index >= 15 is 0 Å². The maximum Gasteiger partial charge on any atom is 0.275 e. The Morgan fingerprint density at radius 3 is 3.00 bits per heavy atom. The van der Waals surface area contributed by atoms with Crippen molar-refractivity contribution in [2.45, 2.75) is 32.1 Å². The van der Waals surface area contributed by atoms with Crippen LogP contribution in [0.2, 0.25) is 0 Å². The first-order valence-electron chi connectivity index (χ1n) is 6.85. The van der Waals surface area contributed by atoms with Gasteiger partial charge in [0, 0.05) is 6.20 Å². The molecule has 4 heteroatoms. The van der Waals surface area contributed by atoms with Crippen LogP contribution in [0.25, 0.3) is 11.0 Å². The molecule has 2 aliphatic carbocycles. The SMILES string of the molecule is O=c1[nH]cnc2c(C[C@@H]3C[C@@H]4CC[C@H]3C4)c[nH]c12. The third-order valence-electron chi connectivity index (χ3n) is 4.91. The summed E-state index contributed by atoms with van der Waals surface area (Å²) in [5, 5.41) is 0. The second kappa shape index (κ2) is 3.70. The first-order chi connectivity index (χ1) is 8.81. The molecule has 3 atom stereocenters. The lowest BCUT2D eigenvalue weighted by atomic mass is 9.84. The molecule has 4 nitrogen and oxygen atoms in total. The van der Waals surface area contributed by atoms with E-state index in [1.807, 2.05) is 6.20 Å². The first kappa shape index (κ1) is 10.4. The van der Waals surface area contributed by atoms with Gasteiger partial charge in [0.25, 0.3) is 5.56 Å². The number of nitrogens with one attached hydrogen (secondary N) is 2. The van der Waals surface area contributed by atoms with Crippen LogP contribution in [0.3, 0.4) is 0 Å². The Labute approximate surface area is 105 Å². The Balaban J connectivity index is 1.67. The van der Waals surface area contributed by atoms with Gasteiger partial charge in [0.1, 0.15) is 5.52 Å². The van der Waals surface area contributed by atoms with Crippen LogP contribution in [0.1, 0.15) is 31.2 Å². The van der Waals surface area contributed by atoms with Gasteiger partial charge in [0.2, 0.25) is 0 Å². The highest BCUT2D eigenvalue weighted by atomic mass is 16.1. The highest BCUT2D eigenvalue weighted by molar-refractivity contribution is 5.77. The molecule has 0 saturated heterocycles. The zero-order valence-corrected chi connectivity index (χ0v) is 10.3. The van der Waals surface area contributed by atoms with Gasteiger partial charge in [-0.1, -0.05) is 6.42 Å². The Morgan fingerprint density at radius 2 is 2.22 bits per heavy atom. The molecule has 0 unspecified atom stereocenters. The molecule has 4 rings (SSSR count). The molecule has 0 aromatic carbocycles. The topological polar surface area (TPSA) is 61.5 Å². The van der Waals surface area contributed by atoms with E-state index in [-0.39, 0.29) is 5.56 Å². The van der Waals surface area contributed by atoms with Gasteiger partial charge in [0.05, 0.1) is 11.8 Å². The molecule has 0 aliphatic heterocycles. The standard InChI is InChI=1S/C14H17N3O/c18-14-13-12(16-7-17-14)11(6-15-13)5-10-4-8-1-2-9(10)3-8/h6-10,15H,1-5H2,(H,16,17,18)/t8-,9+,10+/m1/s1. The lowest BCUT2D eigenvalue weighted by Gasteiger charge is -2.20. The Hall–Kier alpha value is -1.58. The number of H-pyrrole nitrogens is 2. The van der Waals surface area contributed by atoms with Crippen molar-refractivity contribution in [2.24, 2.45) is 17.8 Å². The van der Waals surface area contributed by atoms with Crippen LogP contribution < -0.4 is 5.56 Å². The molecule has 94 valence electrons. The molecule has 0 amide bonds. The molecule has 2 bridgehead atoms. The molecule has 2 aromatic rings. The van der Waals surface area contributed by atoms with Crippen LogP contribution in [0, 0.1) is 17.8 Å². The van der Waals surface area contributed by atoms with E-state index in [1.165, 1.54) is 37.6 Å². The van der Waals surface area contributed by atoms with E-state index in [0.717, 1.165) is 29.7 Å². The van der Waals surface area contributed by atoms with Gasteiger partial charge in [-0.25, -0.2) is 4.98 Å². The van der Waals surface area contributed by atoms with Crippen LogP contribution >= 0.6 is 0 Å². The van der Waals surface area contributed by atoms with Crippen LogP contribution in [-0.4, -0.2) is 15.0 Å². The summed E-state index contributed by atoms with van der Waals surface area (Å²) in [6.07, 6.45) is 10.2. The highest BCUT2D eigenvalue weighted by Gasteiger charge is 2.39. The predicted molar refractivity (Wildman–Crippen MR) is 69.4 cm³/mol. The second-order valence-corrected chi connectivity index (χ2v) is 5.91. The summed E-state index contributed by atoms with van der Waals surface area (Å²) in [6.45, 7) is 0. The fourth-order valence-electron chi connectivity index (χ4n) is 4.07. The van der Waals surface area contributed by atoms with Crippen molar-refractivity contribution < 1.29 is 0 Å². The fourth-order valence-corrected chi connectivity index (χ4v) is 4.07. The van der Waals surface area contributed by atoms with Crippen molar-refractivity contribution in [3.8, 4) is 0 Å². The number of nitrogens with zero attached hydrogens (tertiary/aromatic N) is 1. The summed E-state index contributed by atoms with van der Waals surface area (Å²) in [5.74, 6) is 2.70. The summed E-state index contributed by atoms with van der Waals surface area (Å²) < 4.78 is 0. The smallest absolute Gasteiger partial charge is 0.275 e. The average molecular weight is 243 g/mol. The predicted octanol–water partition coefficient (Wildman–Crippen LogP) is 2.23. The minimum absolute atomic E-state index is 0.0702. The van der Waals surface area contributed by atoms with E-state index in [2.05, 4.69) is 15.0 Å². The van der Waals surface area contributed by atoms with Gasteiger partial charge in [-0.15, -0.1) is 0 Å². The lowest BCUT2D eigenvalue weighted by Crippen LogP contribution is -2.13. The van der Waals surface area contributed by atoms with E-state index in [9.17, 15) is 4.79 Å². The zero-order valence-electron chi connectivity index (χ0n) is 10.3. The fraction of sp³-hybridized carbons (Fsp3) is 0.571. The quantitative estimate of drug-likeness (QED) is 0.849. The van der Waals surface area contributed by atoms with Crippen molar-refractivity contribution in [1.29, 1.82) is 0 Å². The molecular weight excluding hydrogens is 226 g/mol. The van der Waals surface area contributed by atoms with Crippen molar-refractivity contribution in [2.75, 3.05) is 0 Å². The Bertz CT molecular complexity index is 642. The maximum atomic E-state index is 11.6. The van der Waals surface area contributed by atoms with Crippen LogP contribution in [0.15, 0.2) is 17.3 Å². The minimum atomic E-state index is -0.0702. The van der Waals surface area contributed by atoms with E-state index in [1.54, 1.807) is 0 Å². The van der Waals surface area contributed by atoms with Crippen molar-refractivity contribution >= 4 is 11.0 Å². The number of hydrogen-bond donors (Lipinski definition) is 2. The maximum absolute atomic E-state index is 11.6. The van der Waals surface area contributed by atoms with Crippen molar-refractivity contribution in [3.05, 3.63) is 28.4 Å². The zero-order chi connectivity index (χ0) is 12.1. The number of fused-ring (bicyclic) bond motifs is 3. The molecule has 18 heavy (non-hydrogen) atoms. The monoisotopic (exact) mass is 243 g/mol. The van der Waals surface area contributed by atoms with E-state index < -0.39 is 0 Å². The van der Waals surface area contributed by atoms with Gasteiger partial charge < -0.3 is 9.97 Å². The van der Waals surface area contributed by atoms with Crippen LogP contribution in [0.4, 0.5) is 0 Å². The summed E-state index contributed by atoms with van der Waals surface area (Å²) in [6, 6.07) is 0.